The van der Waals surface area contributed by atoms with Crippen LogP contribution in [-0.4, -0.2) is 19.8 Å². The molecular formula is C12H21NOS. The molecule has 1 unspecified atom stereocenters. The van der Waals surface area contributed by atoms with Crippen LogP contribution in [0.4, 0.5) is 0 Å². The van der Waals surface area contributed by atoms with Gasteiger partial charge in [0.2, 0.25) is 0 Å². The number of thiophene rings is 1. The van der Waals surface area contributed by atoms with Crippen LogP contribution in [0.2, 0.25) is 0 Å². The van der Waals surface area contributed by atoms with Crippen molar-refractivity contribution in [2.45, 2.75) is 33.2 Å². The molecule has 15 heavy (non-hydrogen) atoms. The van der Waals surface area contributed by atoms with E-state index < -0.39 is 0 Å². The molecule has 0 spiro atoms. The maximum Gasteiger partial charge on any atom is 0.0484 e. The van der Waals surface area contributed by atoms with Crippen molar-refractivity contribution >= 4 is 11.3 Å². The number of hydrogen-bond donors (Lipinski definition) is 1. The predicted octanol–water partition coefficient (Wildman–Crippen LogP) is 3.13. The van der Waals surface area contributed by atoms with E-state index in [0.717, 1.165) is 26.2 Å². The molecule has 0 bridgehead atoms. The Morgan fingerprint density at radius 2 is 2.27 bits per heavy atom. The highest BCUT2D eigenvalue weighted by Crippen LogP contribution is 2.24. The van der Waals surface area contributed by atoms with Gasteiger partial charge in [0.25, 0.3) is 0 Å². The second-order valence-corrected chi connectivity index (χ2v) is 4.65. The zero-order chi connectivity index (χ0) is 11.1. The third kappa shape index (κ3) is 3.93. The fourth-order valence-corrected chi connectivity index (χ4v) is 2.48. The Morgan fingerprint density at radius 3 is 2.80 bits per heavy atom. The van der Waals surface area contributed by atoms with E-state index in [9.17, 15) is 0 Å². The molecule has 1 rings (SSSR count). The minimum Gasteiger partial charge on any atom is -0.382 e. The van der Waals surface area contributed by atoms with Crippen molar-refractivity contribution in [1.29, 1.82) is 0 Å². The molecule has 0 amide bonds. The summed E-state index contributed by atoms with van der Waals surface area (Å²) in [6, 6.07) is 2.67. The van der Waals surface area contributed by atoms with Crippen molar-refractivity contribution in [3.05, 3.63) is 21.9 Å². The monoisotopic (exact) mass is 227 g/mol. The van der Waals surface area contributed by atoms with Gasteiger partial charge in [0.1, 0.15) is 0 Å². The first-order chi connectivity index (χ1) is 7.29. The Labute approximate surface area is 96.7 Å². The maximum atomic E-state index is 5.41. The van der Waals surface area contributed by atoms with Crippen LogP contribution < -0.4 is 5.32 Å². The zero-order valence-corrected chi connectivity index (χ0v) is 10.7. The number of ether oxygens (including phenoxy) is 1. The minimum atomic E-state index is 0.452. The Morgan fingerprint density at radius 1 is 1.47 bits per heavy atom. The van der Waals surface area contributed by atoms with Crippen LogP contribution in [-0.2, 0) is 4.74 Å². The highest BCUT2D eigenvalue weighted by atomic mass is 32.1. The molecule has 0 aromatic carbocycles. The van der Waals surface area contributed by atoms with Crippen molar-refractivity contribution in [3.63, 3.8) is 0 Å². The topological polar surface area (TPSA) is 21.3 Å². The average molecular weight is 227 g/mol. The van der Waals surface area contributed by atoms with E-state index in [-0.39, 0.29) is 0 Å². The summed E-state index contributed by atoms with van der Waals surface area (Å²) in [5.41, 5.74) is 1.43. The molecular weight excluding hydrogens is 206 g/mol. The van der Waals surface area contributed by atoms with Crippen molar-refractivity contribution in [1.82, 2.24) is 5.32 Å². The Kier molecular flexibility index (Phi) is 5.91. The lowest BCUT2D eigenvalue weighted by Crippen LogP contribution is -2.22. The molecule has 0 aliphatic heterocycles. The van der Waals surface area contributed by atoms with Gasteiger partial charge in [-0.2, -0.15) is 0 Å². The lowest BCUT2D eigenvalue weighted by atomic mass is 10.1. The summed E-state index contributed by atoms with van der Waals surface area (Å²) in [6.07, 6.45) is 1.05. The molecule has 1 heterocycles. The summed E-state index contributed by atoms with van der Waals surface area (Å²) in [5.74, 6) is 0. The van der Waals surface area contributed by atoms with Gasteiger partial charge in [0.15, 0.2) is 0 Å². The Balaban J connectivity index is 2.53. The molecule has 2 nitrogen and oxygen atoms in total. The smallest absolute Gasteiger partial charge is 0.0484 e. The van der Waals surface area contributed by atoms with E-state index in [1.165, 1.54) is 10.4 Å². The van der Waals surface area contributed by atoms with Gasteiger partial charge in [-0.25, -0.2) is 0 Å². The molecule has 1 atom stereocenters. The van der Waals surface area contributed by atoms with Crippen LogP contribution in [0, 0.1) is 6.92 Å². The van der Waals surface area contributed by atoms with Crippen LogP contribution >= 0.6 is 11.3 Å². The average Bonchev–Trinajstić information content (AvgIpc) is 2.64. The second-order valence-electron chi connectivity index (χ2n) is 3.53. The van der Waals surface area contributed by atoms with Gasteiger partial charge in [-0.15, -0.1) is 11.3 Å². The molecule has 0 radical (unpaired) electrons. The van der Waals surface area contributed by atoms with Gasteiger partial charge in [-0.3, -0.25) is 0 Å². The van der Waals surface area contributed by atoms with E-state index in [0.29, 0.717) is 6.04 Å². The minimum absolute atomic E-state index is 0.452. The third-order valence-corrected chi connectivity index (χ3v) is 3.34. The second kappa shape index (κ2) is 6.99. The van der Waals surface area contributed by atoms with E-state index in [1.807, 2.05) is 18.3 Å². The van der Waals surface area contributed by atoms with Crippen molar-refractivity contribution in [2.24, 2.45) is 0 Å². The normalized spacial score (nSPS) is 13.0. The van der Waals surface area contributed by atoms with E-state index >= 15 is 0 Å². The molecule has 0 saturated carbocycles. The summed E-state index contributed by atoms with van der Waals surface area (Å²) in [5, 5.41) is 5.67. The van der Waals surface area contributed by atoms with Crippen LogP contribution in [0.3, 0.4) is 0 Å². The largest absolute Gasteiger partial charge is 0.382 e. The van der Waals surface area contributed by atoms with Crippen LogP contribution in [0.5, 0.6) is 0 Å². The summed E-state index contributed by atoms with van der Waals surface area (Å²) in [4.78, 5) is 1.41. The molecule has 1 aromatic heterocycles. The first kappa shape index (κ1) is 12.7. The van der Waals surface area contributed by atoms with E-state index in [1.54, 1.807) is 0 Å². The number of rotatable bonds is 7. The lowest BCUT2D eigenvalue weighted by molar-refractivity contribution is 0.136. The fraction of sp³-hybridized carbons (Fsp3) is 0.667. The highest BCUT2D eigenvalue weighted by molar-refractivity contribution is 7.10. The van der Waals surface area contributed by atoms with Crippen LogP contribution in [0.25, 0.3) is 0 Å². The predicted molar refractivity (Wildman–Crippen MR) is 66.6 cm³/mol. The molecule has 1 aromatic rings. The van der Waals surface area contributed by atoms with Gasteiger partial charge in [-0.05, 0) is 43.8 Å². The molecule has 0 aliphatic rings. The van der Waals surface area contributed by atoms with Crippen molar-refractivity contribution in [2.75, 3.05) is 19.8 Å². The summed E-state index contributed by atoms with van der Waals surface area (Å²) in [6.45, 7) is 9.02. The number of hydrogen-bond acceptors (Lipinski definition) is 3. The standard InChI is InChI=1S/C12H21NOS/c1-4-13-12(6-8-14-5-2)11-7-9-15-10(11)3/h7,9,12-13H,4-6,8H2,1-3H3. The summed E-state index contributed by atoms with van der Waals surface area (Å²) >= 11 is 1.82. The Bertz CT molecular complexity index is 272. The van der Waals surface area contributed by atoms with Crippen molar-refractivity contribution in [3.8, 4) is 0 Å². The maximum absolute atomic E-state index is 5.41. The first-order valence-electron chi connectivity index (χ1n) is 5.64. The Hall–Kier alpha value is -0.380. The van der Waals surface area contributed by atoms with E-state index in [2.05, 4.69) is 30.6 Å². The quantitative estimate of drug-likeness (QED) is 0.723. The molecule has 0 aliphatic carbocycles. The molecule has 0 fully saturated rings. The molecule has 1 N–H and O–H groups in total. The zero-order valence-electron chi connectivity index (χ0n) is 9.88. The number of aryl methyl sites for hydroxylation is 1. The molecule has 86 valence electrons. The summed E-state index contributed by atoms with van der Waals surface area (Å²) in [7, 11) is 0. The molecule has 3 heteroatoms. The summed E-state index contributed by atoms with van der Waals surface area (Å²) < 4.78 is 5.41. The highest BCUT2D eigenvalue weighted by Gasteiger charge is 2.12. The van der Waals surface area contributed by atoms with Crippen LogP contribution in [0.1, 0.15) is 36.8 Å². The van der Waals surface area contributed by atoms with E-state index in [4.69, 9.17) is 4.74 Å². The first-order valence-corrected chi connectivity index (χ1v) is 6.52. The van der Waals surface area contributed by atoms with Crippen molar-refractivity contribution < 1.29 is 4.74 Å². The van der Waals surface area contributed by atoms with Crippen LogP contribution in [0.15, 0.2) is 11.4 Å². The van der Waals surface area contributed by atoms with Gasteiger partial charge < -0.3 is 10.1 Å². The SMILES string of the molecule is CCNC(CCOCC)c1ccsc1C. The lowest BCUT2D eigenvalue weighted by Gasteiger charge is -2.17. The fourth-order valence-electron chi connectivity index (χ4n) is 1.72. The molecule has 0 saturated heterocycles. The van der Waals surface area contributed by atoms with Gasteiger partial charge >= 0.3 is 0 Å². The van der Waals surface area contributed by atoms with Gasteiger partial charge in [0.05, 0.1) is 0 Å². The number of nitrogens with one attached hydrogen (secondary N) is 1. The van der Waals surface area contributed by atoms with Gasteiger partial charge in [-0.1, -0.05) is 6.92 Å². The third-order valence-electron chi connectivity index (χ3n) is 2.48. The van der Waals surface area contributed by atoms with Gasteiger partial charge in [0, 0.05) is 24.1 Å².